The number of benzene rings is 1. The van der Waals surface area contributed by atoms with Crippen LogP contribution in [0.5, 0.6) is 0 Å². The minimum absolute atomic E-state index is 0.187. The molecule has 0 aromatic heterocycles. The number of rotatable bonds is 4. The Labute approximate surface area is 114 Å². The maximum absolute atomic E-state index is 13.5. The smallest absolute Gasteiger partial charge is 0.138 e. The second kappa shape index (κ2) is 4.30. The zero-order valence-electron chi connectivity index (χ0n) is 9.55. The van der Waals surface area contributed by atoms with Crippen molar-refractivity contribution in [1.29, 1.82) is 0 Å². The number of anilines is 2. The molecule has 2 saturated carbocycles. The maximum atomic E-state index is 13.5. The third-order valence-corrected chi connectivity index (χ3v) is 4.50. The summed E-state index contributed by atoms with van der Waals surface area (Å²) in [5.41, 5.74) is 7.37. The zero-order chi connectivity index (χ0) is 12.0. The predicted octanol–water partition coefficient (Wildman–Crippen LogP) is 3.61. The quantitative estimate of drug-likeness (QED) is 0.646. The molecule has 17 heavy (non-hydrogen) atoms. The van der Waals surface area contributed by atoms with E-state index in [2.05, 4.69) is 5.32 Å². The van der Waals surface area contributed by atoms with Gasteiger partial charge in [0, 0.05) is 12.1 Å². The molecule has 0 aliphatic heterocycles. The summed E-state index contributed by atoms with van der Waals surface area (Å²) in [7, 11) is 0. The largest absolute Gasteiger partial charge is 0.397 e. The lowest BCUT2D eigenvalue weighted by Crippen LogP contribution is -2.24. The number of nitrogen functional groups attached to an aromatic ring is 1. The molecule has 92 valence electrons. The lowest BCUT2D eigenvalue weighted by atomic mass is 10.1. The van der Waals surface area contributed by atoms with Crippen LogP contribution in [0.1, 0.15) is 25.7 Å². The van der Waals surface area contributed by atoms with Crippen molar-refractivity contribution in [2.45, 2.75) is 31.7 Å². The van der Waals surface area contributed by atoms with Crippen molar-refractivity contribution in [2.75, 3.05) is 11.1 Å². The zero-order valence-corrected chi connectivity index (χ0v) is 11.7. The molecule has 0 amide bonds. The fourth-order valence-corrected chi connectivity index (χ4v) is 2.89. The van der Waals surface area contributed by atoms with E-state index in [1.807, 2.05) is 22.6 Å². The lowest BCUT2D eigenvalue weighted by molar-refractivity contribution is 0.566. The van der Waals surface area contributed by atoms with Crippen LogP contribution in [-0.2, 0) is 0 Å². The predicted molar refractivity (Wildman–Crippen MR) is 76.4 cm³/mol. The van der Waals surface area contributed by atoms with Gasteiger partial charge in [-0.1, -0.05) is 0 Å². The molecule has 1 aromatic carbocycles. The van der Waals surface area contributed by atoms with Crippen molar-refractivity contribution < 1.29 is 4.39 Å². The molecule has 1 aromatic rings. The van der Waals surface area contributed by atoms with Crippen LogP contribution < -0.4 is 11.1 Å². The first kappa shape index (κ1) is 11.6. The molecule has 0 radical (unpaired) electrons. The van der Waals surface area contributed by atoms with E-state index in [9.17, 15) is 4.39 Å². The fourth-order valence-electron chi connectivity index (χ4n) is 2.40. The Morgan fingerprint density at radius 3 is 2.35 bits per heavy atom. The Kier molecular flexibility index (Phi) is 2.92. The van der Waals surface area contributed by atoms with Gasteiger partial charge >= 0.3 is 0 Å². The van der Waals surface area contributed by atoms with Crippen LogP contribution in [-0.4, -0.2) is 6.04 Å². The van der Waals surface area contributed by atoms with Crippen molar-refractivity contribution in [3.8, 4) is 0 Å². The molecule has 0 atom stereocenters. The van der Waals surface area contributed by atoms with Crippen LogP contribution in [0.2, 0.25) is 0 Å². The monoisotopic (exact) mass is 346 g/mol. The summed E-state index contributed by atoms with van der Waals surface area (Å²) < 4.78 is 14.1. The van der Waals surface area contributed by atoms with Gasteiger partial charge in [0.25, 0.3) is 0 Å². The Bertz CT molecular complexity index is 429. The minimum Gasteiger partial charge on any atom is -0.397 e. The highest BCUT2D eigenvalue weighted by molar-refractivity contribution is 14.1. The SMILES string of the molecule is Nc1cc(I)c(F)cc1NC(C1CC1)C1CC1. The first-order valence-electron chi connectivity index (χ1n) is 6.16. The molecule has 3 N–H and O–H groups in total. The lowest BCUT2D eigenvalue weighted by Gasteiger charge is -2.20. The molecule has 0 unspecified atom stereocenters. The van der Waals surface area contributed by atoms with Crippen LogP contribution >= 0.6 is 22.6 Å². The highest BCUT2D eigenvalue weighted by Gasteiger charge is 2.41. The average molecular weight is 346 g/mol. The van der Waals surface area contributed by atoms with Crippen LogP contribution in [0, 0.1) is 21.2 Å². The molecule has 0 heterocycles. The topological polar surface area (TPSA) is 38.0 Å². The normalized spacial score (nSPS) is 19.7. The Morgan fingerprint density at radius 1 is 1.24 bits per heavy atom. The molecule has 2 aliphatic rings. The van der Waals surface area contributed by atoms with Crippen molar-refractivity contribution in [2.24, 2.45) is 11.8 Å². The van der Waals surface area contributed by atoms with E-state index in [-0.39, 0.29) is 5.82 Å². The highest BCUT2D eigenvalue weighted by Crippen LogP contribution is 2.46. The molecule has 0 bridgehead atoms. The summed E-state index contributed by atoms with van der Waals surface area (Å²) in [5.74, 6) is 1.38. The first-order chi connectivity index (χ1) is 8.15. The molecular formula is C13H16FIN2. The third-order valence-electron chi connectivity index (χ3n) is 3.67. The van der Waals surface area contributed by atoms with Gasteiger partial charge in [0.15, 0.2) is 0 Å². The van der Waals surface area contributed by atoms with Crippen molar-refractivity contribution in [1.82, 2.24) is 0 Å². The van der Waals surface area contributed by atoms with E-state index in [4.69, 9.17) is 5.73 Å². The van der Waals surface area contributed by atoms with Crippen molar-refractivity contribution in [3.05, 3.63) is 21.5 Å². The summed E-state index contributed by atoms with van der Waals surface area (Å²) >= 11 is 1.97. The van der Waals surface area contributed by atoms with Crippen molar-refractivity contribution >= 4 is 34.0 Å². The van der Waals surface area contributed by atoms with Crippen LogP contribution in [0.4, 0.5) is 15.8 Å². The summed E-state index contributed by atoms with van der Waals surface area (Å²) in [4.78, 5) is 0. The van der Waals surface area contributed by atoms with Gasteiger partial charge in [-0.15, -0.1) is 0 Å². The standard InChI is InChI=1S/C13H16FIN2/c14-9-5-12(11(16)6-10(9)15)17-13(7-1-2-7)8-3-4-8/h5-8,13,17H,1-4,16H2. The van der Waals surface area contributed by atoms with Gasteiger partial charge in [-0.05, 0) is 66.2 Å². The summed E-state index contributed by atoms with van der Waals surface area (Å²) in [6.07, 6.45) is 5.23. The van der Waals surface area contributed by atoms with E-state index in [1.54, 1.807) is 6.07 Å². The van der Waals surface area contributed by atoms with Crippen LogP contribution in [0.3, 0.4) is 0 Å². The second-order valence-electron chi connectivity index (χ2n) is 5.20. The van der Waals surface area contributed by atoms with E-state index in [0.29, 0.717) is 15.3 Å². The fraction of sp³-hybridized carbons (Fsp3) is 0.538. The average Bonchev–Trinajstić information content (AvgIpc) is 3.15. The van der Waals surface area contributed by atoms with Gasteiger partial charge < -0.3 is 11.1 Å². The number of halogens is 2. The van der Waals surface area contributed by atoms with Crippen molar-refractivity contribution in [3.63, 3.8) is 0 Å². The number of nitrogens with one attached hydrogen (secondary N) is 1. The second-order valence-corrected chi connectivity index (χ2v) is 6.36. The molecule has 3 rings (SSSR count). The Hall–Kier alpha value is -0.520. The van der Waals surface area contributed by atoms with Gasteiger partial charge in [0.2, 0.25) is 0 Å². The number of hydrogen-bond acceptors (Lipinski definition) is 2. The number of hydrogen-bond donors (Lipinski definition) is 2. The number of nitrogens with two attached hydrogens (primary N) is 1. The van der Waals surface area contributed by atoms with Gasteiger partial charge in [-0.25, -0.2) is 4.39 Å². The Morgan fingerprint density at radius 2 is 1.82 bits per heavy atom. The molecule has 0 saturated heterocycles. The maximum Gasteiger partial charge on any atom is 0.138 e. The molecule has 2 aliphatic carbocycles. The molecular weight excluding hydrogens is 330 g/mol. The summed E-state index contributed by atoms with van der Waals surface area (Å²) in [6, 6.07) is 3.75. The van der Waals surface area contributed by atoms with Gasteiger partial charge in [0.05, 0.1) is 14.9 Å². The van der Waals surface area contributed by atoms with Gasteiger partial charge in [0.1, 0.15) is 5.82 Å². The molecule has 4 heteroatoms. The van der Waals surface area contributed by atoms with E-state index >= 15 is 0 Å². The van der Waals surface area contributed by atoms with E-state index < -0.39 is 0 Å². The van der Waals surface area contributed by atoms with E-state index in [0.717, 1.165) is 17.5 Å². The summed E-state index contributed by atoms with van der Waals surface area (Å²) in [6.45, 7) is 0. The Balaban J connectivity index is 1.81. The first-order valence-corrected chi connectivity index (χ1v) is 7.24. The highest BCUT2D eigenvalue weighted by atomic mass is 127. The van der Waals surface area contributed by atoms with Crippen LogP contribution in [0.15, 0.2) is 12.1 Å². The van der Waals surface area contributed by atoms with Gasteiger partial charge in [-0.2, -0.15) is 0 Å². The van der Waals surface area contributed by atoms with Gasteiger partial charge in [-0.3, -0.25) is 0 Å². The van der Waals surface area contributed by atoms with Crippen LogP contribution in [0.25, 0.3) is 0 Å². The molecule has 2 fully saturated rings. The molecule has 0 spiro atoms. The third kappa shape index (κ3) is 2.51. The molecule has 2 nitrogen and oxygen atoms in total. The van der Waals surface area contributed by atoms with E-state index in [1.165, 1.54) is 31.7 Å². The summed E-state index contributed by atoms with van der Waals surface area (Å²) in [5, 5.41) is 3.47. The minimum atomic E-state index is -0.187.